The first kappa shape index (κ1) is 12.4. The molecule has 2 rings (SSSR count). The molecule has 1 heterocycles. The van der Waals surface area contributed by atoms with E-state index in [1.165, 1.54) is 0 Å². The number of aryl methyl sites for hydroxylation is 1. The summed E-state index contributed by atoms with van der Waals surface area (Å²) in [6, 6.07) is 9.49. The van der Waals surface area contributed by atoms with Crippen molar-refractivity contribution in [2.75, 3.05) is 12.3 Å². The van der Waals surface area contributed by atoms with Gasteiger partial charge < -0.3 is 10.5 Å². The molecular weight excluding hydrogens is 226 g/mol. The molecule has 0 aliphatic rings. The Labute approximate surface area is 107 Å². The molecule has 0 saturated carbocycles. The molecule has 2 N–H and O–H groups in total. The van der Waals surface area contributed by atoms with Crippen molar-refractivity contribution in [3.05, 3.63) is 36.0 Å². The van der Waals surface area contributed by atoms with E-state index in [2.05, 4.69) is 16.9 Å². The Morgan fingerprint density at radius 1 is 1.17 bits per heavy atom. The fourth-order valence-electron chi connectivity index (χ4n) is 1.64. The highest BCUT2D eigenvalue weighted by molar-refractivity contribution is 5.58. The van der Waals surface area contributed by atoms with Gasteiger partial charge in [-0.3, -0.25) is 0 Å². The molecular formula is C14H17N3O. The van der Waals surface area contributed by atoms with Crippen LogP contribution in [0.5, 0.6) is 5.75 Å². The minimum Gasteiger partial charge on any atom is -0.494 e. The molecule has 0 aliphatic carbocycles. The second-order valence-corrected chi connectivity index (χ2v) is 4.13. The third kappa shape index (κ3) is 2.97. The Morgan fingerprint density at radius 2 is 1.89 bits per heavy atom. The van der Waals surface area contributed by atoms with Crippen LogP contribution in [0.25, 0.3) is 11.4 Å². The maximum absolute atomic E-state index is 5.72. The Morgan fingerprint density at radius 3 is 2.50 bits per heavy atom. The number of ether oxygens (including phenoxy) is 1. The summed E-state index contributed by atoms with van der Waals surface area (Å²) in [4.78, 5) is 8.59. The molecule has 0 bridgehead atoms. The van der Waals surface area contributed by atoms with E-state index in [0.29, 0.717) is 11.6 Å². The Balaban J connectivity index is 2.23. The van der Waals surface area contributed by atoms with Crippen LogP contribution in [0.4, 0.5) is 5.82 Å². The summed E-state index contributed by atoms with van der Waals surface area (Å²) in [5, 5.41) is 0. The zero-order valence-electron chi connectivity index (χ0n) is 10.7. The smallest absolute Gasteiger partial charge is 0.161 e. The molecule has 0 spiro atoms. The van der Waals surface area contributed by atoms with Crippen LogP contribution < -0.4 is 10.5 Å². The van der Waals surface area contributed by atoms with Gasteiger partial charge in [-0.05, 0) is 37.6 Å². The molecule has 4 heteroatoms. The third-order valence-corrected chi connectivity index (χ3v) is 2.46. The number of anilines is 1. The van der Waals surface area contributed by atoms with Gasteiger partial charge >= 0.3 is 0 Å². The molecule has 18 heavy (non-hydrogen) atoms. The fourth-order valence-corrected chi connectivity index (χ4v) is 1.64. The molecule has 0 aliphatic heterocycles. The van der Waals surface area contributed by atoms with Crippen LogP contribution in [0.15, 0.2) is 30.3 Å². The lowest BCUT2D eigenvalue weighted by Gasteiger charge is -2.06. The number of hydrogen-bond donors (Lipinski definition) is 1. The van der Waals surface area contributed by atoms with Crippen LogP contribution in [0.1, 0.15) is 19.0 Å². The first-order chi connectivity index (χ1) is 8.69. The van der Waals surface area contributed by atoms with Crippen molar-refractivity contribution in [1.82, 2.24) is 9.97 Å². The summed E-state index contributed by atoms with van der Waals surface area (Å²) >= 11 is 0. The average molecular weight is 243 g/mol. The highest BCUT2D eigenvalue weighted by Gasteiger charge is 2.03. The third-order valence-electron chi connectivity index (χ3n) is 2.46. The summed E-state index contributed by atoms with van der Waals surface area (Å²) < 4.78 is 5.53. The van der Waals surface area contributed by atoms with Crippen molar-refractivity contribution in [3.63, 3.8) is 0 Å². The van der Waals surface area contributed by atoms with Gasteiger partial charge in [0.2, 0.25) is 0 Å². The van der Waals surface area contributed by atoms with Crippen LogP contribution in [-0.4, -0.2) is 16.6 Å². The second kappa shape index (κ2) is 5.49. The van der Waals surface area contributed by atoms with E-state index in [0.717, 1.165) is 30.0 Å². The number of nitrogen functional groups attached to an aromatic ring is 1. The summed E-state index contributed by atoms with van der Waals surface area (Å²) in [7, 11) is 0. The van der Waals surface area contributed by atoms with Gasteiger partial charge in [0.15, 0.2) is 5.82 Å². The Kier molecular flexibility index (Phi) is 3.77. The quantitative estimate of drug-likeness (QED) is 0.897. The van der Waals surface area contributed by atoms with E-state index in [9.17, 15) is 0 Å². The molecule has 1 aromatic carbocycles. The number of nitrogens with two attached hydrogens (primary N) is 1. The number of aromatic nitrogens is 2. The van der Waals surface area contributed by atoms with E-state index in [4.69, 9.17) is 10.5 Å². The molecule has 0 saturated heterocycles. The van der Waals surface area contributed by atoms with Crippen LogP contribution in [0.2, 0.25) is 0 Å². The number of nitrogens with zero attached hydrogens (tertiary/aromatic N) is 2. The van der Waals surface area contributed by atoms with Gasteiger partial charge in [-0.15, -0.1) is 0 Å². The van der Waals surface area contributed by atoms with E-state index in [1.807, 2.05) is 31.2 Å². The molecule has 1 aromatic heterocycles. The molecule has 2 aromatic rings. The summed E-state index contributed by atoms with van der Waals surface area (Å²) in [6.45, 7) is 4.71. The van der Waals surface area contributed by atoms with E-state index in [-0.39, 0.29) is 0 Å². The summed E-state index contributed by atoms with van der Waals surface area (Å²) in [5.41, 5.74) is 7.52. The second-order valence-electron chi connectivity index (χ2n) is 4.13. The molecule has 0 unspecified atom stereocenters. The van der Waals surface area contributed by atoms with Crippen molar-refractivity contribution < 1.29 is 4.74 Å². The molecule has 0 fully saturated rings. The number of hydrogen-bond acceptors (Lipinski definition) is 4. The minimum atomic E-state index is 0.490. The maximum Gasteiger partial charge on any atom is 0.161 e. The van der Waals surface area contributed by atoms with Crippen molar-refractivity contribution in [1.29, 1.82) is 0 Å². The van der Waals surface area contributed by atoms with Gasteiger partial charge in [0.1, 0.15) is 11.6 Å². The van der Waals surface area contributed by atoms with E-state index < -0.39 is 0 Å². The molecule has 4 nitrogen and oxygen atoms in total. The van der Waals surface area contributed by atoms with Gasteiger partial charge in [0, 0.05) is 17.3 Å². The van der Waals surface area contributed by atoms with Crippen molar-refractivity contribution in [2.45, 2.75) is 20.3 Å². The molecule has 0 atom stereocenters. The van der Waals surface area contributed by atoms with Gasteiger partial charge in [-0.1, -0.05) is 6.92 Å². The van der Waals surface area contributed by atoms with E-state index in [1.54, 1.807) is 6.07 Å². The van der Waals surface area contributed by atoms with Crippen LogP contribution in [0, 0.1) is 6.92 Å². The Hall–Kier alpha value is -2.10. The zero-order chi connectivity index (χ0) is 13.0. The monoisotopic (exact) mass is 243 g/mol. The lowest BCUT2D eigenvalue weighted by atomic mass is 10.2. The lowest BCUT2D eigenvalue weighted by Crippen LogP contribution is -1.98. The molecule has 94 valence electrons. The van der Waals surface area contributed by atoms with Crippen LogP contribution in [-0.2, 0) is 0 Å². The SMILES string of the molecule is CCCOc1ccc(-c2nc(C)cc(N)n2)cc1. The van der Waals surface area contributed by atoms with Crippen molar-refractivity contribution in [3.8, 4) is 17.1 Å². The van der Waals surface area contributed by atoms with E-state index >= 15 is 0 Å². The maximum atomic E-state index is 5.72. The van der Waals surface area contributed by atoms with Gasteiger partial charge in [-0.25, -0.2) is 9.97 Å². The highest BCUT2D eigenvalue weighted by Crippen LogP contribution is 2.20. The Bertz CT molecular complexity index is 503. The number of benzene rings is 1. The van der Waals surface area contributed by atoms with Crippen LogP contribution in [0.3, 0.4) is 0 Å². The van der Waals surface area contributed by atoms with Gasteiger partial charge in [0.25, 0.3) is 0 Å². The molecule has 0 amide bonds. The minimum absolute atomic E-state index is 0.490. The van der Waals surface area contributed by atoms with Crippen LogP contribution >= 0.6 is 0 Å². The zero-order valence-corrected chi connectivity index (χ0v) is 10.7. The average Bonchev–Trinajstić information content (AvgIpc) is 2.36. The van der Waals surface area contributed by atoms with Crippen molar-refractivity contribution >= 4 is 5.82 Å². The van der Waals surface area contributed by atoms with Crippen molar-refractivity contribution in [2.24, 2.45) is 0 Å². The standard InChI is InChI=1S/C14H17N3O/c1-3-8-18-12-6-4-11(5-7-12)14-16-10(2)9-13(15)17-14/h4-7,9H,3,8H2,1-2H3,(H2,15,16,17). The van der Waals surface area contributed by atoms with Gasteiger partial charge in [0.05, 0.1) is 6.61 Å². The van der Waals surface area contributed by atoms with Gasteiger partial charge in [-0.2, -0.15) is 0 Å². The summed E-state index contributed by atoms with van der Waals surface area (Å²) in [6.07, 6.45) is 0.999. The first-order valence-electron chi connectivity index (χ1n) is 6.03. The predicted molar refractivity (Wildman–Crippen MR) is 72.4 cm³/mol. The molecule has 0 radical (unpaired) electrons. The first-order valence-corrected chi connectivity index (χ1v) is 6.03. The number of rotatable bonds is 4. The highest BCUT2D eigenvalue weighted by atomic mass is 16.5. The fraction of sp³-hybridized carbons (Fsp3) is 0.286. The largest absolute Gasteiger partial charge is 0.494 e. The normalized spacial score (nSPS) is 10.3. The summed E-state index contributed by atoms with van der Waals surface area (Å²) in [5.74, 6) is 2.00. The topological polar surface area (TPSA) is 61.0 Å². The predicted octanol–water partition coefficient (Wildman–Crippen LogP) is 2.82. The lowest BCUT2D eigenvalue weighted by molar-refractivity contribution is 0.317.